The maximum absolute atomic E-state index is 13.4. The minimum absolute atomic E-state index is 0.297. The number of aryl methyl sites for hydroxylation is 1. The Morgan fingerprint density at radius 3 is 2.79 bits per heavy atom. The first kappa shape index (κ1) is 16.9. The number of nitrogens with zero attached hydrogens (tertiary/aromatic N) is 1. The maximum atomic E-state index is 13.4. The average molecular weight is 369 g/mol. The maximum Gasteiger partial charge on any atom is 0.307 e. The molecule has 2 N–H and O–H groups in total. The van der Waals surface area contributed by atoms with E-state index in [4.69, 9.17) is 16.7 Å². The largest absolute Gasteiger partial charge is 0.481 e. The summed E-state index contributed by atoms with van der Waals surface area (Å²) in [5, 5.41) is 13.2. The number of benzene rings is 1. The number of carbonyl (C=O) groups excluding carboxylic acids is 1. The first-order valence-corrected chi connectivity index (χ1v) is 8.48. The van der Waals surface area contributed by atoms with Crippen molar-refractivity contribution in [2.75, 3.05) is 5.32 Å². The molecule has 2 atom stereocenters. The van der Waals surface area contributed by atoms with Gasteiger partial charge in [0.25, 0.3) is 0 Å². The predicted octanol–water partition coefficient (Wildman–Crippen LogP) is 3.49. The summed E-state index contributed by atoms with van der Waals surface area (Å²) in [6.45, 7) is 1.76. The van der Waals surface area contributed by atoms with Crippen molar-refractivity contribution >= 4 is 39.8 Å². The Morgan fingerprint density at radius 2 is 2.17 bits per heavy atom. The van der Waals surface area contributed by atoms with Crippen LogP contribution in [0.2, 0.25) is 5.02 Å². The number of nitrogens with one attached hydrogen (secondary N) is 1. The fourth-order valence-electron chi connectivity index (χ4n) is 2.49. The summed E-state index contributed by atoms with van der Waals surface area (Å²) in [6.07, 6.45) is 0.772. The number of halogens is 2. The van der Waals surface area contributed by atoms with Gasteiger partial charge in [0.1, 0.15) is 10.8 Å². The molecule has 0 radical (unpaired) electrons. The number of hydrogen-bond donors (Lipinski definition) is 2. The second-order valence-corrected chi connectivity index (χ2v) is 7.27. The highest BCUT2D eigenvalue weighted by molar-refractivity contribution is 7.16. The van der Waals surface area contributed by atoms with Crippen molar-refractivity contribution in [3.05, 3.63) is 45.3 Å². The lowest BCUT2D eigenvalue weighted by Gasteiger charge is -2.01. The molecule has 5 nitrogen and oxygen atoms in total. The van der Waals surface area contributed by atoms with Crippen LogP contribution in [0.25, 0.3) is 0 Å². The van der Waals surface area contributed by atoms with Crippen molar-refractivity contribution < 1.29 is 19.1 Å². The number of hydrogen-bond acceptors (Lipinski definition) is 4. The highest BCUT2D eigenvalue weighted by Gasteiger charge is 2.48. The minimum atomic E-state index is -0.945. The average Bonchev–Trinajstić information content (AvgIpc) is 3.19. The van der Waals surface area contributed by atoms with Crippen molar-refractivity contribution in [1.82, 2.24) is 4.98 Å². The van der Waals surface area contributed by atoms with Crippen LogP contribution in [-0.2, 0) is 16.0 Å². The lowest BCUT2D eigenvalue weighted by atomic mass is 10.1. The SMILES string of the molecule is Cc1nc(Cc2cc(F)cc(Cl)c2)sc1NC(=O)[C@@H]1C[C@H]1C(=O)O. The van der Waals surface area contributed by atoms with Gasteiger partial charge in [0, 0.05) is 11.4 Å². The summed E-state index contributed by atoms with van der Waals surface area (Å²) in [6, 6.07) is 4.29. The van der Waals surface area contributed by atoms with Crippen LogP contribution in [0.3, 0.4) is 0 Å². The molecule has 2 aromatic rings. The number of thiazole rings is 1. The number of carboxylic acids is 1. The number of rotatable bonds is 5. The summed E-state index contributed by atoms with van der Waals surface area (Å²) in [4.78, 5) is 27.2. The summed E-state index contributed by atoms with van der Waals surface area (Å²) in [5.41, 5.74) is 1.35. The van der Waals surface area contributed by atoms with Crippen LogP contribution in [0.15, 0.2) is 18.2 Å². The van der Waals surface area contributed by atoms with E-state index in [-0.39, 0.29) is 5.91 Å². The van der Waals surface area contributed by atoms with E-state index in [1.807, 2.05) is 0 Å². The molecule has 1 aromatic carbocycles. The minimum Gasteiger partial charge on any atom is -0.481 e. The van der Waals surface area contributed by atoms with Crippen LogP contribution in [0.5, 0.6) is 0 Å². The molecule has 1 amide bonds. The van der Waals surface area contributed by atoms with Crippen molar-refractivity contribution in [2.24, 2.45) is 11.8 Å². The molecule has 0 unspecified atom stereocenters. The van der Waals surface area contributed by atoms with E-state index in [1.54, 1.807) is 13.0 Å². The van der Waals surface area contributed by atoms with Crippen LogP contribution in [0, 0.1) is 24.6 Å². The van der Waals surface area contributed by atoms with Gasteiger partial charge in [0.15, 0.2) is 0 Å². The molecule has 3 rings (SSSR count). The number of amides is 1. The van der Waals surface area contributed by atoms with Crippen molar-refractivity contribution in [2.45, 2.75) is 19.8 Å². The van der Waals surface area contributed by atoms with Crippen LogP contribution in [-0.4, -0.2) is 22.0 Å². The first-order chi connectivity index (χ1) is 11.3. The monoisotopic (exact) mass is 368 g/mol. The van der Waals surface area contributed by atoms with Gasteiger partial charge in [-0.05, 0) is 37.1 Å². The molecule has 126 valence electrons. The Labute approximate surface area is 146 Å². The van der Waals surface area contributed by atoms with E-state index in [2.05, 4.69) is 10.3 Å². The van der Waals surface area contributed by atoms with E-state index in [0.29, 0.717) is 34.1 Å². The van der Waals surface area contributed by atoms with Crippen molar-refractivity contribution in [3.63, 3.8) is 0 Å². The van der Waals surface area contributed by atoms with E-state index in [0.717, 1.165) is 5.01 Å². The van der Waals surface area contributed by atoms with Gasteiger partial charge in [-0.3, -0.25) is 9.59 Å². The Morgan fingerprint density at radius 1 is 1.42 bits per heavy atom. The topological polar surface area (TPSA) is 79.3 Å². The molecule has 1 aromatic heterocycles. The van der Waals surface area contributed by atoms with Crippen LogP contribution < -0.4 is 5.32 Å². The fraction of sp³-hybridized carbons (Fsp3) is 0.312. The van der Waals surface area contributed by atoms with Crippen molar-refractivity contribution in [3.8, 4) is 0 Å². The van der Waals surface area contributed by atoms with Crippen LogP contribution in [0.4, 0.5) is 9.39 Å². The number of aromatic nitrogens is 1. The van der Waals surface area contributed by atoms with Gasteiger partial charge in [-0.1, -0.05) is 11.6 Å². The molecule has 1 saturated carbocycles. The molecule has 0 spiro atoms. The third-order valence-corrected chi connectivity index (χ3v) is 5.09. The quantitative estimate of drug-likeness (QED) is 0.846. The smallest absolute Gasteiger partial charge is 0.307 e. The van der Waals surface area contributed by atoms with E-state index < -0.39 is 23.6 Å². The van der Waals surface area contributed by atoms with E-state index in [1.165, 1.54) is 23.5 Å². The molecule has 0 bridgehead atoms. The predicted molar refractivity (Wildman–Crippen MR) is 88.9 cm³/mol. The fourth-order valence-corrected chi connectivity index (χ4v) is 3.74. The lowest BCUT2D eigenvalue weighted by Crippen LogP contribution is -2.16. The summed E-state index contributed by atoms with van der Waals surface area (Å²) in [7, 11) is 0. The molecule has 1 aliphatic carbocycles. The number of aliphatic carboxylic acids is 1. The molecule has 1 fully saturated rings. The van der Waals surface area contributed by atoms with Crippen LogP contribution in [0.1, 0.15) is 22.7 Å². The number of carboxylic acid groups (broad SMARTS) is 1. The molecular weight excluding hydrogens is 355 g/mol. The van der Waals surface area contributed by atoms with Gasteiger partial charge in [0.2, 0.25) is 5.91 Å². The molecule has 24 heavy (non-hydrogen) atoms. The molecule has 0 saturated heterocycles. The Bertz CT molecular complexity index is 803. The third kappa shape index (κ3) is 3.73. The van der Waals surface area contributed by atoms with Gasteiger partial charge in [-0.25, -0.2) is 9.37 Å². The second kappa shape index (κ2) is 6.49. The molecule has 8 heteroatoms. The summed E-state index contributed by atoms with van der Waals surface area (Å²) < 4.78 is 13.4. The molecular formula is C16H14ClFN2O3S. The standard InChI is InChI=1S/C16H14ClFN2O3S/c1-7-15(20-14(21)11-6-12(11)16(22)23)24-13(19-7)4-8-2-9(17)5-10(18)3-8/h2-3,5,11-12H,4,6H2,1H3,(H,20,21)(H,22,23)/t11-,12-/m1/s1. The molecule has 0 aliphatic heterocycles. The van der Waals surface area contributed by atoms with Gasteiger partial charge in [0.05, 0.1) is 22.5 Å². The van der Waals surface area contributed by atoms with Gasteiger partial charge >= 0.3 is 5.97 Å². The lowest BCUT2D eigenvalue weighted by molar-refractivity contribution is -0.139. The zero-order chi connectivity index (χ0) is 17.4. The van der Waals surface area contributed by atoms with E-state index >= 15 is 0 Å². The normalized spacial score (nSPS) is 19.1. The van der Waals surface area contributed by atoms with Crippen molar-refractivity contribution in [1.29, 1.82) is 0 Å². The molecule has 1 heterocycles. The van der Waals surface area contributed by atoms with Crippen LogP contribution >= 0.6 is 22.9 Å². The Hall–Kier alpha value is -1.99. The highest BCUT2D eigenvalue weighted by Crippen LogP contribution is 2.40. The zero-order valence-corrected chi connectivity index (χ0v) is 14.2. The summed E-state index contributed by atoms with van der Waals surface area (Å²) in [5.74, 6) is -2.72. The molecule has 1 aliphatic rings. The van der Waals surface area contributed by atoms with Gasteiger partial charge < -0.3 is 10.4 Å². The first-order valence-electron chi connectivity index (χ1n) is 7.28. The highest BCUT2D eigenvalue weighted by atomic mass is 35.5. The Balaban J connectivity index is 1.69. The number of carbonyl (C=O) groups is 2. The third-order valence-electron chi connectivity index (χ3n) is 3.80. The summed E-state index contributed by atoms with van der Waals surface area (Å²) >= 11 is 7.13. The van der Waals surface area contributed by atoms with Gasteiger partial charge in [-0.2, -0.15) is 0 Å². The second-order valence-electron chi connectivity index (χ2n) is 5.75. The number of anilines is 1. The zero-order valence-electron chi connectivity index (χ0n) is 12.7. The van der Waals surface area contributed by atoms with Gasteiger partial charge in [-0.15, -0.1) is 11.3 Å². The van der Waals surface area contributed by atoms with E-state index in [9.17, 15) is 14.0 Å². The Kier molecular flexibility index (Phi) is 4.56.